The van der Waals surface area contributed by atoms with Gasteiger partial charge in [0.2, 0.25) is 10.0 Å². The van der Waals surface area contributed by atoms with E-state index in [1.807, 2.05) is 0 Å². The van der Waals surface area contributed by atoms with Gasteiger partial charge in [0.25, 0.3) is 0 Å². The van der Waals surface area contributed by atoms with Crippen molar-refractivity contribution in [3.05, 3.63) is 16.3 Å². The Bertz CT molecular complexity index is 509. The number of ether oxygens (including phenoxy) is 1. The zero-order valence-electron chi connectivity index (χ0n) is 9.49. The molecule has 1 heterocycles. The van der Waals surface area contributed by atoms with Gasteiger partial charge in [-0.15, -0.1) is 11.3 Å². The maximum absolute atomic E-state index is 11.9. The zero-order valence-corrected chi connectivity index (χ0v) is 11.1. The van der Waals surface area contributed by atoms with Gasteiger partial charge >= 0.3 is 5.97 Å². The summed E-state index contributed by atoms with van der Waals surface area (Å²) < 4.78 is 30.8. The first-order valence-electron chi connectivity index (χ1n) is 4.85. The van der Waals surface area contributed by atoms with Crippen molar-refractivity contribution in [2.75, 3.05) is 20.3 Å². The summed E-state index contributed by atoms with van der Waals surface area (Å²) in [4.78, 5) is 10.3. The van der Waals surface area contributed by atoms with Crippen molar-refractivity contribution in [1.82, 2.24) is 4.72 Å². The summed E-state index contributed by atoms with van der Waals surface area (Å²) in [7, 11) is -2.62. The summed E-state index contributed by atoms with van der Waals surface area (Å²) in [5.74, 6) is -1.31. The molecule has 1 aromatic rings. The Morgan fingerprint density at radius 3 is 2.78 bits per heavy atom. The molecule has 0 radical (unpaired) electrons. The van der Waals surface area contributed by atoms with Crippen LogP contribution in [0.1, 0.15) is 9.67 Å². The van der Waals surface area contributed by atoms with E-state index in [9.17, 15) is 13.2 Å². The smallest absolute Gasteiger partial charge is 0.347 e. The van der Waals surface area contributed by atoms with Gasteiger partial charge in [-0.1, -0.05) is 0 Å². The van der Waals surface area contributed by atoms with Crippen LogP contribution in [0.4, 0.5) is 0 Å². The van der Waals surface area contributed by atoms with Crippen molar-refractivity contribution in [2.45, 2.75) is 10.9 Å². The topological polar surface area (TPSA) is 113 Å². The molecule has 1 atom stereocenters. The Morgan fingerprint density at radius 2 is 2.28 bits per heavy atom. The Labute approximate surface area is 108 Å². The standard InChI is InChI=1S/C9H13NO6S2/c1-16-5-6(4-11)10-18(14,15)7-2-3-17-8(7)9(12)13/h2-3,6,10-11H,4-5H2,1H3,(H,12,13). The summed E-state index contributed by atoms with van der Waals surface area (Å²) in [6.45, 7) is -0.456. The highest BCUT2D eigenvalue weighted by Crippen LogP contribution is 2.21. The van der Waals surface area contributed by atoms with Crippen molar-refractivity contribution in [1.29, 1.82) is 0 Å². The fraction of sp³-hybridized carbons (Fsp3) is 0.444. The van der Waals surface area contributed by atoms with Crippen molar-refractivity contribution in [3.63, 3.8) is 0 Å². The van der Waals surface area contributed by atoms with E-state index in [-0.39, 0.29) is 16.4 Å². The molecule has 18 heavy (non-hydrogen) atoms. The number of rotatable bonds is 7. The lowest BCUT2D eigenvalue weighted by Crippen LogP contribution is -2.40. The fourth-order valence-electron chi connectivity index (χ4n) is 1.27. The molecule has 0 amide bonds. The van der Waals surface area contributed by atoms with E-state index in [1.54, 1.807) is 0 Å². The maximum Gasteiger partial charge on any atom is 0.347 e. The number of carboxylic acids is 1. The molecule has 0 saturated heterocycles. The highest BCUT2D eigenvalue weighted by atomic mass is 32.2. The number of aliphatic hydroxyl groups is 1. The summed E-state index contributed by atoms with van der Waals surface area (Å²) in [5, 5.41) is 19.2. The number of sulfonamides is 1. The normalized spacial score (nSPS) is 13.4. The molecule has 0 aliphatic rings. The number of methoxy groups -OCH3 is 1. The molecule has 102 valence electrons. The number of hydrogen-bond acceptors (Lipinski definition) is 6. The zero-order chi connectivity index (χ0) is 13.8. The van der Waals surface area contributed by atoms with E-state index < -0.39 is 28.6 Å². The number of hydrogen-bond donors (Lipinski definition) is 3. The van der Waals surface area contributed by atoms with E-state index in [2.05, 4.69) is 4.72 Å². The fourth-order valence-corrected chi connectivity index (χ4v) is 3.74. The lowest BCUT2D eigenvalue weighted by Gasteiger charge is -2.15. The average Bonchev–Trinajstić information content (AvgIpc) is 2.77. The Hall–Kier alpha value is -1.00. The number of nitrogens with one attached hydrogen (secondary N) is 1. The Morgan fingerprint density at radius 1 is 1.61 bits per heavy atom. The Balaban J connectivity index is 2.99. The Kier molecular flexibility index (Phi) is 5.23. The van der Waals surface area contributed by atoms with E-state index >= 15 is 0 Å². The second-order valence-corrected chi connectivity index (χ2v) is 5.97. The summed E-state index contributed by atoms with van der Waals surface area (Å²) in [6, 6.07) is 0.388. The molecule has 1 unspecified atom stereocenters. The third-order valence-electron chi connectivity index (χ3n) is 2.02. The molecular weight excluding hydrogens is 282 g/mol. The number of aromatic carboxylic acids is 1. The monoisotopic (exact) mass is 295 g/mol. The molecule has 3 N–H and O–H groups in total. The first-order valence-corrected chi connectivity index (χ1v) is 7.21. The lowest BCUT2D eigenvalue weighted by molar-refractivity contribution is 0.0698. The van der Waals surface area contributed by atoms with Gasteiger partial charge in [-0.05, 0) is 11.4 Å². The highest BCUT2D eigenvalue weighted by molar-refractivity contribution is 7.89. The molecule has 7 nitrogen and oxygen atoms in total. The van der Waals surface area contributed by atoms with E-state index in [0.29, 0.717) is 0 Å². The SMILES string of the molecule is COCC(CO)NS(=O)(=O)c1ccsc1C(=O)O. The van der Waals surface area contributed by atoms with Gasteiger partial charge in [0.05, 0.1) is 19.3 Å². The third kappa shape index (κ3) is 3.50. The van der Waals surface area contributed by atoms with Crippen molar-refractivity contribution >= 4 is 27.3 Å². The number of carboxylic acid groups (broad SMARTS) is 1. The van der Waals surface area contributed by atoms with Crippen LogP contribution in [0, 0.1) is 0 Å². The van der Waals surface area contributed by atoms with Crippen LogP contribution in [0.5, 0.6) is 0 Å². The van der Waals surface area contributed by atoms with E-state index in [1.165, 1.54) is 18.6 Å². The molecule has 1 rings (SSSR count). The number of aliphatic hydroxyl groups excluding tert-OH is 1. The minimum Gasteiger partial charge on any atom is -0.477 e. The van der Waals surface area contributed by atoms with Crippen LogP contribution in [0.15, 0.2) is 16.3 Å². The lowest BCUT2D eigenvalue weighted by atomic mass is 10.4. The van der Waals surface area contributed by atoms with Crippen LogP contribution in [0.2, 0.25) is 0 Å². The minimum absolute atomic E-state index is 0.0116. The first kappa shape index (κ1) is 15.1. The number of thiophene rings is 1. The third-order valence-corrected chi connectivity index (χ3v) is 4.62. The second-order valence-electron chi connectivity index (χ2n) is 3.38. The van der Waals surface area contributed by atoms with Crippen LogP contribution in [-0.2, 0) is 14.8 Å². The summed E-state index contributed by atoms with van der Waals surface area (Å²) in [6.07, 6.45) is 0. The predicted molar refractivity (Wildman–Crippen MR) is 64.3 cm³/mol. The molecule has 0 aliphatic heterocycles. The second kappa shape index (κ2) is 6.25. The highest BCUT2D eigenvalue weighted by Gasteiger charge is 2.26. The molecule has 1 aromatic heterocycles. The van der Waals surface area contributed by atoms with Crippen molar-refractivity contribution < 1.29 is 28.2 Å². The van der Waals surface area contributed by atoms with Crippen molar-refractivity contribution in [3.8, 4) is 0 Å². The first-order chi connectivity index (χ1) is 8.42. The van der Waals surface area contributed by atoms with Gasteiger partial charge in [-0.2, -0.15) is 0 Å². The molecule has 0 saturated carbocycles. The number of carbonyl (C=O) groups is 1. The molecule has 0 aromatic carbocycles. The van der Waals surface area contributed by atoms with Gasteiger partial charge in [0, 0.05) is 7.11 Å². The molecule has 9 heteroatoms. The summed E-state index contributed by atoms with van der Waals surface area (Å²) in [5.41, 5.74) is 0. The average molecular weight is 295 g/mol. The molecule has 0 bridgehead atoms. The van der Waals surface area contributed by atoms with Crippen LogP contribution >= 0.6 is 11.3 Å². The van der Waals surface area contributed by atoms with Crippen LogP contribution in [0.3, 0.4) is 0 Å². The minimum atomic E-state index is -3.99. The van der Waals surface area contributed by atoms with Crippen LogP contribution < -0.4 is 4.72 Å². The van der Waals surface area contributed by atoms with Crippen LogP contribution in [-0.4, -0.2) is 51.0 Å². The molecule has 0 fully saturated rings. The van der Waals surface area contributed by atoms with Crippen molar-refractivity contribution in [2.24, 2.45) is 0 Å². The van der Waals surface area contributed by atoms with E-state index in [4.69, 9.17) is 14.9 Å². The largest absolute Gasteiger partial charge is 0.477 e. The van der Waals surface area contributed by atoms with E-state index in [0.717, 1.165) is 11.3 Å². The van der Waals surface area contributed by atoms with Gasteiger partial charge in [0.1, 0.15) is 9.77 Å². The van der Waals surface area contributed by atoms with Gasteiger partial charge < -0.3 is 14.9 Å². The molecule has 0 spiro atoms. The molecule has 0 aliphatic carbocycles. The van der Waals surface area contributed by atoms with Crippen LogP contribution in [0.25, 0.3) is 0 Å². The summed E-state index contributed by atoms with van der Waals surface area (Å²) >= 11 is 0.820. The molecular formula is C9H13NO6S2. The maximum atomic E-state index is 11.9. The van der Waals surface area contributed by atoms with Gasteiger partial charge in [-0.25, -0.2) is 17.9 Å². The quantitative estimate of drug-likeness (QED) is 0.638. The predicted octanol–water partition coefficient (Wildman–Crippen LogP) is -0.268. The van der Waals surface area contributed by atoms with Gasteiger partial charge in [-0.3, -0.25) is 0 Å². The van der Waals surface area contributed by atoms with Gasteiger partial charge in [0.15, 0.2) is 0 Å².